The fourth-order valence-corrected chi connectivity index (χ4v) is 2.65. The van der Waals surface area contributed by atoms with Crippen LogP contribution in [0.4, 0.5) is 11.5 Å². The second-order valence-corrected chi connectivity index (χ2v) is 6.35. The van der Waals surface area contributed by atoms with Gasteiger partial charge < -0.3 is 20.8 Å². The van der Waals surface area contributed by atoms with Crippen LogP contribution in [-0.2, 0) is 9.53 Å². The highest BCUT2D eigenvalue weighted by Gasteiger charge is 2.10. The minimum absolute atomic E-state index is 0.0254. The summed E-state index contributed by atoms with van der Waals surface area (Å²) in [6.45, 7) is 2.38. The van der Waals surface area contributed by atoms with Crippen molar-refractivity contribution in [3.63, 3.8) is 0 Å². The van der Waals surface area contributed by atoms with E-state index in [4.69, 9.17) is 10.5 Å². The predicted octanol–water partition coefficient (Wildman–Crippen LogP) is 2.04. The van der Waals surface area contributed by atoms with Crippen LogP contribution < -0.4 is 16.6 Å². The van der Waals surface area contributed by atoms with E-state index in [9.17, 15) is 14.4 Å². The summed E-state index contributed by atoms with van der Waals surface area (Å²) >= 11 is 1.05. The van der Waals surface area contributed by atoms with Gasteiger partial charge in [0.25, 0.3) is 5.56 Å². The molecule has 138 valence electrons. The number of nitrogens with zero attached hydrogens (tertiary/aromatic N) is 1. The van der Waals surface area contributed by atoms with Gasteiger partial charge in [0, 0.05) is 11.8 Å². The molecule has 2 rings (SSSR count). The molecule has 0 fully saturated rings. The van der Waals surface area contributed by atoms with Crippen LogP contribution in [0.5, 0.6) is 0 Å². The Morgan fingerprint density at radius 2 is 2.15 bits per heavy atom. The number of rotatable bonds is 8. The zero-order valence-electron chi connectivity index (χ0n) is 14.3. The molecule has 0 atom stereocenters. The van der Waals surface area contributed by atoms with Gasteiger partial charge in [-0.05, 0) is 24.6 Å². The lowest BCUT2D eigenvalue weighted by Crippen LogP contribution is -2.16. The van der Waals surface area contributed by atoms with Gasteiger partial charge in [0.15, 0.2) is 5.16 Å². The minimum Gasteiger partial charge on any atom is -0.462 e. The molecule has 9 heteroatoms. The quantitative estimate of drug-likeness (QED) is 0.278. The van der Waals surface area contributed by atoms with E-state index >= 15 is 0 Å². The number of nitrogen functional groups attached to an aromatic ring is 1. The van der Waals surface area contributed by atoms with E-state index < -0.39 is 5.97 Å². The monoisotopic (exact) mass is 376 g/mol. The van der Waals surface area contributed by atoms with E-state index in [0.717, 1.165) is 30.7 Å². The van der Waals surface area contributed by atoms with Gasteiger partial charge in [0.2, 0.25) is 5.91 Å². The number of amides is 1. The maximum Gasteiger partial charge on any atom is 0.338 e. The molecule has 0 saturated carbocycles. The second kappa shape index (κ2) is 9.62. The van der Waals surface area contributed by atoms with Gasteiger partial charge in [-0.1, -0.05) is 31.2 Å². The number of anilines is 2. The summed E-state index contributed by atoms with van der Waals surface area (Å²) in [5.74, 6) is -0.620. The molecule has 0 aliphatic carbocycles. The van der Waals surface area contributed by atoms with Gasteiger partial charge in [-0.25, -0.2) is 9.78 Å². The van der Waals surface area contributed by atoms with Gasteiger partial charge in [-0.2, -0.15) is 0 Å². The van der Waals surface area contributed by atoms with E-state index in [1.165, 1.54) is 0 Å². The first kappa shape index (κ1) is 19.5. The summed E-state index contributed by atoms with van der Waals surface area (Å²) in [4.78, 5) is 41.7. The van der Waals surface area contributed by atoms with Crippen molar-refractivity contribution in [2.75, 3.05) is 23.4 Å². The van der Waals surface area contributed by atoms with Crippen LogP contribution in [0.1, 0.15) is 30.1 Å². The number of nitrogens with one attached hydrogen (secondary N) is 2. The Kier molecular flexibility index (Phi) is 7.22. The predicted molar refractivity (Wildman–Crippen MR) is 100 cm³/mol. The number of esters is 1. The third-order valence-electron chi connectivity index (χ3n) is 3.19. The highest BCUT2D eigenvalue weighted by atomic mass is 32.2. The largest absolute Gasteiger partial charge is 0.462 e. The standard InChI is InChI=1S/C17H20N4O4S/c1-2-3-7-25-16(24)11-5-4-6-12(8-11)19-15(23)10-26-17-20-13(18)9-14(22)21-17/h4-6,8-9H,2-3,7,10H2,1H3,(H,19,23)(H3,18,20,21,22). The van der Waals surface area contributed by atoms with Crippen LogP contribution in [0.2, 0.25) is 0 Å². The Labute approximate surface area is 154 Å². The second-order valence-electron chi connectivity index (χ2n) is 5.38. The zero-order valence-corrected chi connectivity index (χ0v) is 15.1. The number of carbonyl (C=O) groups is 2. The molecule has 0 unspecified atom stereocenters. The van der Waals surface area contributed by atoms with Crippen LogP contribution in [0, 0.1) is 0 Å². The molecule has 1 heterocycles. The van der Waals surface area contributed by atoms with Gasteiger partial charge in [0.05, 0.1) is 17.9 Å². The molecular formula is C17H20N4O4S. The van der Waals surface area contributed by atoms with Crippen LogP contribution in [0.15, 0.2) is 40.3 Å². The van der Waals surface area contributed by atoms with E-state index in [1.54, 1.807) is 24.3 Å². The molecule has 2 aromatic rings. The SMILES string of the molecule is CCCCOC(=O)c1cccc(NC(=O)CSc2nc(N)cc(=O)[nH]2)c1. The molecule has 8 nitrogen and oxygen atoms in total. The van der Waals surface area contributed by atoms with Crippen molar-refractivity contribution in [2.24, 2.45) is 0 Å². The van der Waals surface area contributed by atoms with Crippen molar-refractivity contribution < 1.29 is 14.3 Å². The summed E-state index contributed by atoms with van der Waals surface area (Å²) in [7, 11) is 0. The normalized spacial score (nSPS) is 10.3. The van der Waals surface area contributed by atoms with E-state index in [2.05, 4.69) is 15.3 Å². The van der Waals surface area contributed by atoms with Crippen molar-refractivity contribution in [3.8, 4) is 0 Å². The molecule has 26 heavy (non-hydrogen) atoms. The van der Waals surface area contributed by atoms with Crippen LogP contribution in [-0.4, -0.2) is 34.2 Å². The zero-order chi connectivity index (χ0) is 18.9. The maximum atomic E-state index is 12.0. The molecule has 0 radical (unpaired) electrons. The fraction of sp³-hybridized carbons (Fsp3) is 0.294. The van der Waals surface area contributed by atoms with Crippen molar-refractivity contribution in [2.45, 2.75) is 24.9 Å². The Morgan fingerprint density at radius 1 is 1.35 bits per heavy atom. The minimum atomic E-state index is -0.426. The van der Waals surface area contributed by atoms with Gasteiger partial charge in [-0.3, -0.25) is 9.59 Å². The summed E-state index contributed by atoms with van der Waals surface area (Å²) in [5, 5.41) is 2.95. The smallest absolute Gasteiger partial charge is 0.338 e. The topological polar surface area (TPSA) is 127 Å². The Balaban J connectivity index is 1.91. The lowest BCUT2D eigenvalue weighted by molar-refractivity contribution is -0.113. The van der Waals surface area contributed by atoms with Gasteiger partial charge in [0.1, 0.15) is 5.82 Å². The molecule has 4 N–H and O–H groups in total. The highest BCUT2D eigenvalue weighted by Crippen LogP contribution is 2.15. The van der Waals surface area contributed by atoms with Crippen LogP contribution in [0.3, 0.4) is 0 Å². The Morgan fingerprint density at radius 3 is 2.88 bits per heavy atom. The van der Waals surface area contributed by atoms with Gasteiger partial charge >= 0.3 is 5.97 Å². The summed E-state index contributed by atoms with van der Waals surface area (Å²) in [6, 6.07) is 7.68. The molecule has 1 amide bonds. The number of nitrogens with two attached hydrogens (primary N) is 1. The van der Waals surface area contributed by atoms with Crippen molar-refractivity contribution in [1.82, 2.24) is 9.97 Å². The van der Waals surface area contributed by atoms with Gasteiger partial charge in [-0.15, -0.1) is 0 Å². The van der Waals surface area contributed by atoms with Crippen LogP contribution in [0.25, 0.3) is 0 Å². The number of H-pyrrole nitrogens is 1. The van der Waals surface area contributed by atoms with Crippen LogP contribution >= 0.6 is 11.8 Å². The number of aromatic nitrogens is 2. The molecular weight excluding hydrogens is 356 g/mol. The Hall–Kier alpha value is -2.81. The van der Waals surface area contributed by atoms with E-state index in [1.807, 2.05) is 6.92 Å². The molecule has 0 saturated heterocycles. The number of unbranched alkanes of at least 4 members (excludes halogenated alkanes) is 1. The van der Waals surface area contributed by atoms with E-state index in [0.29, 0.717) is 17.9 Å². The Bertz CT molecular complexity index is 838. The number of hydrogen-bond donors (Lipinski definition) is 3. The average molecular weight is 376 g/mol. The maximum absolute atomic E-state index is 12.0. The molecule has 1 aromatic carbocycles. The summed E-state index contributed by atoms with van der Waals surface area (Å²) in [5.41, 5.74) is 5.96. The number of ether oxygens (including phenoxy) is 1. The first-order valence-electron chi connectivity index (χ1n) is 8.04. The molecule has 0 bridgehead atoms. The summed E-state index contributed by atoms with van der Waals surface area (Å²) < 4.78 is 5.15. The number of benzene rings is 1. The first-order chi connectivity index (χ1) is 12.5. The lowest BCUT2D eigenvalue weighted by Gasteiger charge is -2.08. The molecule has 1 aromatic heterocycles. The molecule has 0 aliphatic heterocycles. The van der Waals surface area contributed by atoms with E-state index in [-0.39, 0.29) is 28.2 Å². The number of hydrogen-bond acceptors (Lipinski definition) is 7. The molecule has 0 spiro atoms. The third-order valence-corrected chi connectivity index (χ3v) is 4.07. The average Bonchev–Trinajstić information content (AvgIpc) is 2.59. The van der Waals surface area contributed by atoms with Crippen molar-refractivity contribution >= 4 is 35.1 Å². The van der Waals surface area contributed by atoms with Crippen molar-refractivity contribution in [3.05, 3.63) is 46.2 Å². The number of thioether (sulfide) groups is 1. The third kappa shape index (κ3) is 6.25. The number of aromatic amines is 1. The van der Waals surface area contributed by atoms with Crippen molar-refractivity contribution in [1.29, 1.82) is 0 Å². The fourth-order valence-electron chi connectivity index (χ4n) is 1.97. The summed E-state index contributed by atoms with van der Waals surface area (Å²) in [6.07, 6.45) is 1.74. The lowest BCUT2D eigenvalue weighted by atomic mass is 10.2. The molecule has 0 aliphatic rings. The number of carbonyl (C=O) groups excluding carboxylic acids is 2. The first-order valence-corrected chi connectivity index (χ1v) is 9.03. The highest BCUT2D eigenvalue weighted by molar-refractivity contribution is 7.99.